The van der Waals surface area contributed by atoms with Gasteiger partial charge in [-0.05, 0) is 13.0 Å². The highest BCUT2D eigenvalue weighted by Crippen LogP contribution is 2.41. The minimum atomic E-state index is -0.792. The molecule has 2 heterocycles. The van der Waals surface area contributed by atoms with Gasteiger partial charge in [-0.3, -0.25) is 9.80 Å². The first kappa shape index (κ1) is 25.4. The molecular formula is C24H34N4O6. The van der Waals surface area contributed by atoms with Gasteiger partial charge in [0.1, 0.15) is 5.75 Å². The quantitative estimate of drug-likeness (QED) is 0.390. The van der Waals surface area contributed by atoms with Crippen LogP contribution >= 0.6 is 0 Å². The van der Waals surface area contributed by atoms with Gasteiger partial charge in [0.2, 0.25) is 0 Å². The monoisotopic (exact) mass is 474 g/mol. The van der Waals surface area contributed by atoms with Crippen molar-refractivity contribution in [2.75, 3.05) is 67.2 Å². The van der Waals surface area contributed by atoms with Gasteiger partial charge in [0.05, 0.1) is 39.6 Å². The number of piperazine rings is 1. The van der Waals surface area contributed by atoms with Crippen molar-refractivity contribution >= 4 is 12.0 Å². The lowest BCUT2D eigenvalue weighted by molar-refractivity contribution is -0.139. The van der Waals surface area contributed by atoms with Crippen molar-refractivity contribution in [2.45, 2.75) is 13.0 Å². The summed E-state index contributed by atoms with van der Waals surface area (Å²) >= 11 is 0. The Morgan fingerprint density at radius 2 is 1.68 bits per heavy atom. The number of nitrogens with zero attached hydrogens (tertiary/aromatic N) is 2. The summed E-state index contributed by atoms with van der Waals surface area (Å²) in [5, 5.41) is 5.69. The van der Waals surface area contributed by atoms with Crippen molar-refractivity contribution in [1.82, 2.24) is 20.4 Å². The van der Waals surface area contributed by atoms with Gasteiger partial charge in [0.15, 0.2) is 11.5 Å². The first-order chi connectivity index (χ1) is 16.4. The second kappa shape index (κ2) is 11.8. The summed E-state index contributed by atoms with van der Waals surface area (Å²) in [6, 6.07) is 2.18. The molecule has 10 heteroatoms. The van der Waals surface area contributed by atoms with E-state index in [1.807, 2.05) is 6.08 Å². The van der Waals surface area contributed by atoms with Crippen molar-refractivity contribution in [3.8, 4) is 17.2 Å². The summed E-state index contributed by atoms with van der Waals surface area (Å²) < 4.78 is 21.8. The van der Waals surface area contributed by atoms with E-state index >= 15 is 0 Å². The SMILES string of the molecule is C=CCN1CCN(CC2=C(C(=O)OCC)[C@@H](c3cc(OC)c(OC)cc3OC)NC(=O)N2)CC1. The summed E-state index contributed by atoms with van der Waals surface area (Å²) in [6.07, 6.45) is 1.89. The summed E-state index contributed by atoms with van der Waals surface area (Å²) in [4.78, 5) is 30.4. The number of amides is 2. The molecule has 2 aliphatic heterocycles. The van der Waals surface area contributed by atoms with Crippen LogP contribution in [0.4, 0.5) is 4.79 Å². The normalized spacial score (nSPS) is 19.2. The zero-order valence-electron chi connectivity index (χ0n) is 20.3. The Labute approximate surface area is 200 Å². The lowest BCUT2D eigenvalue weighted by Gasteiger charge is -2.36. The van der Waals surface area contributed by atoms with Crippen LogP contribution in [0.3, 0.4) is 0 Å². The number of carbonyl (C=O) groups excluding carboxylic acids is 2. The third kappa shape index (κ3) is 5.63. The Hall–Kier alpha value is -3.24. The summed E-state index contributed by atoms with van der Waals surface area (Å²) in [5.41, 5.74) is 1.41. The first-order valence-corrected chi connectivity index (χ1v) is 11.3. The molecule has 1 atom stereocenters. The van der Waals surface area contributed by atoms with Crippen LogP contribution in [0.5, 0.6) is 17.2 Å². The van der Waals surface area contributed by atoms with Crippen LogP contribution in [0.1, 0.15) is 18.5 Å². The molecule has 2 amide bonds. The summed E-state index contributed by atoms with van der Waals surface area (Å²) in [5.74, 6) is 0.873. The average molecular weight is 475 g/mol. The molecule has 1 fully saturated rings. The summed E-state index contributed by atoms with van der Waals surface area (Å²) in [7, 11) is 4.57. The van der Waals surface area contributed by atoms with Gasteiger partial charge in [-0.25, -0.2) is 9.59 Å². The molecule has 0 radical (unpaired) electrons. The van der Waals surface area contributed by atoms with Crippen LogP contribution < -0.4 is 24.8 Å². The van der Waals surface area contributed by atoms with E-state index in [4.69, 9.17) is 18.9 Å². The molecule has 2 N–H and O–H groups in total. The number of benzene rings is 1. The Kier molecular flexibility index (Phi) is 8.78. The predicted molar refractivity (Wildman–Crippen MR) is 127 cm³/mol. The van der Waals surface area contributed by atoms with Gasteiger partial charge in [-0.15, -0.1) is 6.58 Å². The molecule has 0 spiro atoms. The predicted octanol–water partition coefficient (Wildman–Crippen LogP) is 1.69. The van der Waals surface area contributed by atoms with Crippen LogP contribution in [0.25, 0.3) is 0 Å². The molecule has 2 aliphatic rings. The lowest BCUT2D eigenvalue weighted by atomic mass is 9.93. The standard InChI is InChI=1S/C24H34N4O6/c1-6-8-27-9-11-28(12-10-27)15-17-21(23(29)34-7-2)22(26-24(30)25-17)16-13-19(32-4)20(33-5)14-18(16)31-3/h6,13-14,22H,1,7-12,15H2,2-5H3,(H2,25,26,30)/t22-/m1/s1. The largest absolute Gasteiger partial charge is 0.496 e. The van der Waals surface area contributed by atoms with E-state index in [1.165, 1.54) is 21.3 Å². The maximum absolute atomic E-state index is 13.1. The van der Waals surface area contributed by atoms with E-state index in [0.717, 1.165) is 32.7 Å². The van der Waals surface area contributed by atoms with Crippen molar-refractivity contribution in [3.05, 3.63) is 41.6 Å². The van der Waals surface area contributed by atoms with E-state index < -0.39 is 18.0 Å². The minimum Gasteiger partial charge on any atom is -0.496 e. The highest BCUT2D eigenvalue weighted by molar-refractivity contribution is 5.95. The van der Waals surface area contributed by atoms with E-state index in [0.29, 0.717) is 40.6 Å². The van der Waals surface area contributed by atoms with Gasteiger partial charge in [0, 0.05) is 56.6 Å². The molecule has 1 saturated heterocycles. The number of rotatable bonds is 10. The van der Waals surface area contributed by atoms with Crippen LogP contribution in [0.2, 0.25) is 0 Å². The number of ether oxygens (including phenoxy) is 4. The topological polar surface area (TPSA) is 102 Å². The van der Waals surface area contributed by atoms with Crippen molar-refractivity contribution in [2.24, 2.45) is 0 Å². The van der Waals surface area contributed by atoms with Crippen LogP contribution in [0.15, 0.2) is 36.1 Å². The van der Waals surface area contributed by atoms with E-state index in [2.05, 4.69) is 27.0 Å². The number of carbonyl (C=O) groups is 2. The molecule has 34 heavy (non-hydrogen) atoms. The molecule has 1 aromatic carbocycles. The summed E-state index contributed by atoms with van der Waals surface area (Å²) in [6.45, 7) is 10.4. The Balaban J connectivity index is 2.01. The Bertz CT molecular complexity index is 940. The molecule has 0 unspecified atom stereocenters. The second-order valence-corrected chi connectivity index (χ2v) is 7.96. The number of urea groups is 1. The van der Waals surface area contributed by atoms with Crippen molar-refractivity contribution < 1.29 is 28.5 Å². The maximum Gasteiger partial charge on any atom is 0.338 e. The average Bonchev–Trinajstić information content (AvgIpc) is 2.84. The van der Waals surface area contributed by atoms with Gasteiger partial charge in [-0.1, -0.05) is 6.08 Å². The van der Waals surface area contributed by atoms with Crippen molar-refractivity contribution in [1.29, 1.82) is 0 Å². The number of esters is 1. The third-order valence-electron chi connectivity index (χ3n) is 5.93. The fraction of sp³-hybridized carbons (Fsp3) is 0.500. The molecule has 1 aromatic rings. The third-order valence-corrected chi connectivity index (χ3v) is 5.93. The zero-order chi connectivity index (χ0) is 24.7. The second-order valence-electron chi connectivity index (χ2n) is 7.96. The van der Waals surface area contributed by atoms with E-state index in [9.17, 15) is 9.59 Å². The highest BCUT2D eigenvalue weighted by Gasteiger charge is 2.36. The van der Waals surface area contributed by atoms with Crippen LogP contribution in [-0.2, 0) is 9.53 Å². The molecule has 0 saturated carbocycles. The van der Waals surface area contributed by atoms with E-state index in [-0.39, 0.29) is 6.61 Å². The van der Waals surface area contributed by atoms with Gasteiger partial charge in [0.25, 0.3) is 0 Å². The smallest absolute Gasteiger partial charge is 0.338 e. The molecule has 0 aromatic heterocycles. The minimum absolute atomic E-state index is 0.208. The molecule has 0 bridgehead atoms. The Morgan fingerprint density at radius 1 is 1.06 bits per heavy atom. The number of hydrogen-bond acceptors (Lipinski definition) is 8. The first-order valence-electron chi connectivity index (χ1n) is 11.3. The van der Waals surface area contributed by atoms with Gasteiger partial charge >= 0.3 is 12.0 Å². The van der Waals surface area contributed by atoms with Crippen molar-refractivity contribution in [3.63, 3.8) is 0 Å². The number of nitrogens with one attached hydrogen (secondary N) is 2. The van der Waals surface area contributed by atoms with Gasteiger partial charge < -0.3 is 29.6 Å². The molecule has 3 rings (SSSR count). The molecule has 0 aliphatic carbocycles. The number of methoxy groups -OCH3 is 3. The van der Waals surface area contributed by atoms with E-state index in [1.54, 1.807) is 19.1 Å². The number of hydrogen-bond donors (Lipinski definition) is 2. The fourth-order valence-electron chi connectivity index (χ4n) is 4.24. The Morgan fingerprint density at radius 3 is 2.26 bits per heavy atom. The maximum atomic E-state index is 13.1. The lowest BCUT2D eigenvalue weighted by Crippen LogP contribution is -2.51. The molecule has 186 valence electrons. The molecule has 10 nitrogen and oxygen atoms in total. The zero-order valence-corrected chi connectivity index (χ0v) is 20.3. The molecular weight excluding hydrogens is 440 g/mol. The van der Waals surface area contributed by atoms with Crippen LogP contribution in [0, 0.1) is 0 Å². The fourth-order valence-corrected chi connectivity index (χ4v) is 4.24. The van der Waals surface area contributed by atoms with Crippen LogP contribution in [-0.4, -0.2) is 89.0 Å². The van der Waals surface area contributed by atoms with Gasteiger partial charge in [-0.2, -0.15) is 0 Å². The highest BCUT2D eigenvalue weighted by atomic mass is 16.5.